The smallest absolute Gasteiger partial charge is 0.257 e. The number of rotatable bonds is 10. The van der Waals surface area contributed by atoms with Crippen LogP contribution in [0.3, 0.4) is 0 Å². The highest BCUT2D eigenvalue weighted by Gasteiger charge is 2.57. The summed E-state index contributed by atoms with van der Waals surface area (Å²) in [4.78, 5) is 46.7. The molecule has 206 valence electrons. The Labute approximate surface area is 228 Å². The van der Waals surface area contributed by atoms with Gasteiger partial charge in [0, 0.05) is 37.8 Å². The van der Waals surface area contributed by atoms with E-state index in [1.54, 1.807) is 30.0 Å². The maximum absolute atomic E-state index is 13.9. The van der Waals surface area contributed by atoms with Gasteiger partial charge in [-0.2, -0.15) is 5.10 Å². The Balaban J connectivity index is 1.37. The van der Waals surface area contributed by atoms with E-state index in [1.807, 2.05) is 48.5 Å². The molecule has 2 fully saturated rings. The second kappa shape index (κ2) is 10.9. The largest absolute Gasteiger partial charge is 0.374 e. The average Bonchev–Trinajstić information content (AvgIpc) is 3.73. The van der Waals surface area contributed by atoms with Crippen LogP contribution < -0.4 is 11.1 Å². The van der Waals surface area contributed by atoms with Gasteiger partial charge in [0.2, 0.25) is 11.8 Å². The lowest BCUT2D eigenvalue weighted by Crippen LogP contribution is -2.61. The molecule has 1 saturated carbocycles. The van der Waals surface area contributed by atoms with E-state index in [4.69, 9.17) is 15.6 Å². The first-order chi connectivity index (χ1) is 18.7. The highest BCUT2D eigenvalue weighted by Crippen LogP contribution is 2.42. The van der Waals surface area contributed by atoms with Gasteiger partial charge >= 0.3 is 0 Å². The van der Waals surface area contributed by atoms with Crippen LogP contribution in [0.1, 0.15) is 44.4 Å². The summed E-state index contributed by atoms with van der Waals surface area (Å²) in [6.07, 6.45) is 4.41. The van der Waals surface area contributed by atoms with Gasteiger partial charge < -0.3 is 20.7 Å². The van der Waals surface area contributed by atoms with Crippen molar-refractivity contribution in [3.8, 4) is 0 Å². The third kappa shape index (κ3) is 5.86. The van der Waals surface area contributed by atoms with E-state index < -0.39 is 22.9 Å². The van der Waals surface area contributed by atoms with Crippen molar-refractivity contribution in [1.29, 1.82) is 0 Å². The second-order valence-corrected chi connectivity index (χ2v) is 11.3. The third-order valence-electron chi connectivity index (χ3n) is 7.48. The number of carbonyl (C=O) groups is 3. The van der Waals surface area contributed by atoms with Crippen molar-refractivity contribution in [2.75, 3.05) is 19.7 Å². The van der Waals surface area contributed by atoms with E-state index in [0.717, 1.165) is 29.8 Å². The molecule has 2 atom stereocenters. The Morgan fingerprint density at radius 2 is 1.92 bits per heavy atom. The zero-order chi connectivity index (χ0) is 27.6. The van der Waals surface area contributed by atoms with Gasteiger partial charge in [0.15, 0.2) is 0 Å². The maximum Gasteiger partial charge on any atom is 0.257 e. The number of fused-ring (bicyclic) bond motifs is 1. The number of aromatic nitrogens is 1. The minimum atomic E-state index is -1.17. The Morgan fingerprint density at radius 1 is 1.18 bits per heavy atom. The molecule has 5 rings (SSSR count). The first-order valence-electron chi connectivity index (χ1n) is 13.5. The van der Waals surface area contributed by atoms with Gasteiger partial charge in [0.1, 0.15) is 11.5 Å². The standard InChI is InChI=1S/C29H36N6O4/c1-28(2,30)26(37)32-23(18-39-17-20-8-4-3-5-9-20)25(36)34-15-13-24-29(19-34,16-21-10-6-7-14-31-21)27(38)35(33-24)22-11-12-22/h3-10,14,22-23H,11-13,15-19,30H2,1-2H3,(H,32,37). The summed E-state index contributed by atoms with van der Waals surface area (Å²) in [7, 11) is 0. The molecule has 10 heteroatoms. The zero-order valence-corrected chi connectivity index (χ0v) is 22.5. The van der Waals surface area contributed by atoms with Crippen molar-refractivity contribution in [1.82, 2.24) is 20.2 Å². The SMILES string of the molecule is CC(C)(N)C(=O)NC(COCc1ccccc1)C(=O)N1CCC2=NN(C3CC3)C(=O)C2(Cc2ccccn2)C1. The van der Waals surface area contributed by atoms with E-state index in [-0.39, 0.29) is 31.0 Å². The van der Waals surface area contributed by atoms with Crippen LogP contribution in [0, 0.1) is 5.41 Å². The number of hydrazone groups is 1. The number of nitrogens with one attached hydrogen (secondary N) is 1. The Hall–Kier alpha value is -3.63. The Morgan fingerprint density at radius 3 is 2.59 bits per heavy atom. The molecule has 39 heavy (non-hydrogen) atoms. The molecule has 2 unspecified atom stereocenters. The minimum absolute atomic E-state index is 0.0254. The fraction of sp³-hybridized carbons (Fsp3) is 0.483. The van der Waals surface area contributed by atoms with Crippen LogP contribution in [0.2, 0.25) is 0 Å². The monoisotopic (exact) mass is 532 g/mol. The zero-order valence-electron chi connectivity index (χ0n) is 22.5. The number of hydrogen-bond acceptors (Lipinski definition) is 7. The Kier molecular flexibility index (Phi) is 7.51. The minimum Gasteiger partial charge on any atom is -0.374 e. The van der Waals surface area contributed by atoms with Crippen LogP contribution in [0.5, 0.6) is 0 Å². The number of nitrogens with zero attached hydrogens (tertiary/aromatic N) is 4. The number of pyridine rings is 1. The number of benzene rings is 1. The molecular weight excluding hydrogens is 496 g/mol. The third-order valence-corrected chi connectivity index (χ3v) is 7.48. The summed E-state index contributed by atoms with van der Waals surface area (Å²) in [6.45, 7) is 4.00. The molecule has 3 amide bonds. The molecule has 0 radical (unpaired) electrons. The van der Waals surface area contributed by atoms with Crippen LogP contribution in [0.4, 0.5) is 0 Å². The van der Waals surface area contributed by atoms with Gasteiger partial charge in [-0.1, -0.05) is 36.4 Å². The summed E-state index contributed by atoms with van der Waals surface area (Å²) >= 11 is 0. The molecule has 1 aromatic heterocycles. The average molecular weight is 533 g/mol. The Bertz CT molecular complexity index is 1240. The molecule has 3 N–H and O–H groups in total. The summed E-state index contributed by atoms with van der Waals surface area (Å²) in [5.74, 6) is -0.839. The van der Waals surface area contributed by atoms with Gasteiger partial charge in [0.05, 0.1) is 30.5 Å². The quantitative estimate of drug-likeness (QED) is 0.479. The lowest BCUT2D eigenvalue weighted by Gasteiger charge is -2.40. The molecule has 0 bridgehead atoms. The van der Waals surface area contributed by atoms with Crippen molar-refractivity contribution in [2.45, 2.75) is 63.8 Å². The van der Waals surface area contributed by atoms with Crippen LogP contribution in [0.15, 0.2) is 59.8 Å². The van der Waals surface area contributed by atoms with Gasteiger partial charge in [0.25, 0.3) is 5.91 Å². The van der Waals surface area contributed by atoms with Gasteiger partial charge in [-0.3, -0.25) is 19.4 Å². The summed E-state index contributed by atoms with van der Waals surface area (Å²) < 4.78 is 5.88. The number of ether oxygens (including phenoxy) is 1. The van der Waals surface area contributed by atoms with Crippen molar-refractivity contribution >= 4 is 23.4 Å². The molecular formula is C29H36N6O4. The number of likely N-dealkylation sites (tertiary alicyclic amines) is 1. The first-order valence-corrected chi connectivity index (χ1v) is 13.5. The first kappa shape index (κ1) is 27.0. The predicted octanol–water partition coefficient (Wildman–Crippen LogP) is 1.64. The summed E-state index contributed by atoms with van der Waals surface area (Å²) in [5.41, 5.74) is 6.40. The van der Waals surface area contributed by atoms with Gasteiger partial charge in [-0.25, -0.2) is 5.01 Å². The van der Waals surface area contributed by atoms with Crippen LogP contribution in [-0.4, -0.2) is 75.6 Å². The van der Waals surface area contributed by atoms with E-state index >= 15 is 0 Å². The second-order valence-electron chi connectivity index (χ2n) is 11.3. The van der Waals surface area contributed by atoms with E-state index in [2.05, 4.69) is 10.3 Å². The molecule has 1 aromatic carbocycles. The fourth-order valence-electron chi connectivity index (χ4n) is 5.12. The summed E-state index contributed by atoms with van der Waals surface area (Å²) in [6, 6.07) is 14.4. The molecule has 2 aliphatic heterocycles. The van der Waals surface area contributed by atoms with Crippen LogP contribution >= 0.6 is 0 Å². The molecule has 10 nitrogen and oxygen atoms in total. The molecule has 3 aliphatic rings. The van der Waals surface area contributed by atoms with Crippen molar-refractivity contribution < 1.29 is 19.1 Å². The van der Waals surface area contributed by atoms with Crippen LogP contribution in [0.25, 0.3) is 0 Å². The van der Waals surface area contributed by atoms with E-state index in [9.17, 15) is 14.4 Å². The van der Waals surface area contributed by atoms with Crippen LogP contribution in [-0.2, 0) is 32.1 Å². The van der Waals surface area contributed by atoms with E-state index in [1.165, 1.54) is 0 Å². The topological polar surface area (TPSA) is 130 Å². The molecule has 3 heterocycles. The van der Waals surface area contributed by atoms with Crippen molar-refractivity contribution in [2.24, 2.45) is 16.3 Å². The molecule has 2 aromatic rings. The van der Waals surface area contributed by atoms with Crippen molar-refractivity contribution in [3.05, 3.63) is 66.0 Å². The maximum atomic E-state index is 13.9. The molecule has 1 aliphatic carbocycles. The number of piperidine rings is 1. The number of hydrogen-bond donors (Lipinski definition) is 2. The number of nitrogens with two attached hydrogens (primary N) is 1. The number of amides is 3. The van der Waals surface area contributed by atoms with Crippen molar-refractivity contribution in [3.63, 3.8) is 0 Å². The normalized spacial score (nSPS) is 21.8. The molecule has 0 spiro atoms. The van der Waals surface area contributed by atoms with Gasteiger partial charge in [-0.15, -0.1) is 0 Å². The lowest BCUT2D eigenvalue weighted by atomic mass is 9.74. The predicted molar refractivity (Wildman–Crippen MR) is 145 cm³/mol. The summed E-state index contributed by atoms with van der Waals surface area (Å²) in [5, 5.41) is 9.17. The van der Waals surface area contributed by atoms with Gasteiger partial charge in [-0.05, 0) is 44.4 Å². The van der Waals surface area contributed by atoms with E-state index in [0.29, 0.717) is 26.0 Å². The highest BCUT2D eigenvalue weighted by molar-refractivity contribution is 6.14. The fourth-order valence-corrected chi connectivity index (χ4v) is 5.12. The highest BCUT2D eigenvalue weighted by atomic mass is 16.5. The number of carbonyl (C=O) groups excluding carboxylic acids is 3. The molecule has 1 saturated heterocycles. The lowest BCUT2D eigenvalue weighted by molar-refractivity contribution is -0.144.